The maximum absolute atomic E-state index is 11.8. The van der Waals surface area contributed by atoms with E-state index in [0.717, 1.165) is 24.8 Å². The summed E-state index contributed by atoms with van der Waals surface area (Å²) in [5, 5.41) is 20.7. The van der Waals surface area contributed by atoms with E-state index in [4.69, 9.17) is 9.84 Å². The number of alkyl carbamates (subject to hydrolysis) is 1. The van der Waals surface area contributed by atoms with E-state index < -0.39 is 18.2 Å². The predicted octanol–water partition coefficient (Wildman–Crippen LogP) is 3.26. The maximum Gasteiger partial charge on any atom is 0.407 e. The van der Waals surface area contributed by atoms with Gasteiger partial charge in [0.25, 0.3) is 0 Å². The van der Waals surface area contributed by atoms with Gasteiger partial charge < -0.3 is 20.3 Å². The quantitative estimate of drug-likeness (QED) is 0.539. The number of aliphatic carboxylic acids is 1. The summed E-state index contributed by atoms with van der Waals surface area (Å²) >= 11 is 0. The zero-order valence-corrected chi connectivity index (χ0v) is 14.1. The molecule has 0 aromatic heterocycles. The Balaban J connectivity index is 2.14. The molecule has 0 bridgehead atoms. The number of aliphatic hydroxyl groups excluding tert-OH is 1. The molecule has 1 aromatic carbocycles. The number of unbranched alkanes of at least 4 members (excludes halogenated alkanes) is 2. The van der Waals surface area contributed by atoms with Gasteiger partial charge in [-0.25, -0.2) is 4.79 Å². The number of carboxylic acid groups (broad SMARTS) is 1. The van der Waals surface area contributed by atoms with Crippen LogP contribution < -0.4 is 5.32 Å². The number of carbonyl (C=O) groups excluding carboxylic acids is 1. The van der Waals surface area contributed by atoms with Gasteiger partial charge in [0.15, 0.2) is 0 Å². The summed E-state index contributed by atoms with van der Waals surface area (Å²) in [6, 6.07) is 9.62. The van der Waals surface area contributed by atoms with Crippen molar-refractivity contribution in [3.05, 3.63) is 35.9 Å². The fourth-order valence-corrected chi connectivity index (χ4v) is 2.40. The Bertz CT molecular complexity index is 491. The number of benzene rings is 1. The molecule has 0 saturated heterocycles. The lowest BCUT2D eigenvalue weighted by atomic mass is 10.1. The lowest BCUT2D eigenvalue weighted by Crippen LogP contribution is -2.27. The summed E-state index contributed by atoms with van der Waals surface area (Å²) in [5.74, 6) is -0.990. The summed E-state index contributed by atoms with van der Waals surface area (Å²) in [7, 11) is 0. The van der Waals surface area contributed by atoms with Crippen molar-refractivity contribution >= 4 is 12.1 Å². The van der Waals surface area contributed by atoms with Crippen molar-refractivity contribution in [2.45, 2.75) is 57.7 Å². The van der Waals surface area contributed by atoms with Gasteiger partial charge in [-0.05, 0) is 24.8 Å². The smallest absolute Gasteiger partial charge is 0.407 e. The first kappa shape index (κ1) is 20.0. The highest BCUT2D eigenvalue weighted by Crippen LogP contribution is 2.20. The first-order valence-electron chi connectivity index (χ1n) is 8.42. The molecule has 2 atom stereocenters. The van der Waals surface area contributed by atoms with Gasteiger partial charge in [-0.15, -0.1) is 0 Å². The molecule has 0 aliphatic carbocycles. The van der Waals surface area contributed by atoms with Crippen LogP contribution in [0.25, 0.3) is 0 Å². The standard InChI is InChI=1S/C18H27NO5/c1-2-16(14-9-5-3-6-10-14)24-18(23)19-12-8-4-7-11-15(20)13-17(21)22/h3,5-6,9-10,15-16,20H,2,4,7-8,11-13H2,1H3,(H,19,23)(H,21,22). The van der Waals surface area contributed by atoms with Gasteiger partial charge in [-0.3, -0.25) is 4.79 Å². The van der Waals surface area contributed by atoms with Crippen molar-refractivity contribution in [1.29, 1.82) is 0 Å². The summed E-state index contributed by atoms with van der Waals surface area (Å²) < 4.78 is 5.42. The Kier molecular flexibility index (Phi) is 9.53. The van der Waals surface area contributed by atoms with Crippen molar-refractivity contribution in [1.82, 2.24) is 5.32 Å². The van der Waals surface area contributed by atoms with Gasteiger partial charge in [0.2, 0.25) is 0 Å². The van der Waals surface area contributed by atoms with Crippen LogP contribution >= 0.6 is 0 Å². The highest BCUT2D eigenvalue weighted by Gasteiger charge is 2.14. The van der Waals surface area contributed by atoms with Crippen LogP contribution in [0.5, 0.6) is 0 Å². The molecule has 0 spiro atoms. The number of rotatable bonds is 11. The van der Waals surface area contributed by atoms with Crippen LogP contribution in [0.4, 0.5) is 4.79 Å². The highest BCUT2D eigenvalue weighted by atomic mass is 16.6. The van der Waals surface area contributed by atoms with Gasteiger partial charge in [-0.2, -0.15) is 0 Å². The molecule has 0 aliphatic rings. The molecular weight excluding hydrogens is 310 g/mol. The molecule has 3 N–H and O–H groups in total. The van der Waals surface area contributed by atoms with Crippen LogP contribution in [-0.2, 0) is 9.53 Å². The zero-order chi connectivity index (χ0) is 17.8. The number of nitrogens with one attached hydrogen (secondary N) is 1. The molecule has 0 heterocycles. The second-order valence-electron chi connectivity index (χ2n) is 5.74. The first-order chi connectivity index (χ1) is 11.5. The van der Waals surface area contributed by atoms with E-state index in [-0.39, 0.29) is 12.5 Å². The molecule has 1 amide bonds. The van der Waals surface area contributed by atoms with Crippen LogP contribution in [0.3, 0.4) is 0 Å². The largest absolute Gasteiger partial charge is 0.481 e. The Hall–Kier alpha value is -2.08. The molecular formula is C18H27NO5. The van der Waals surface area contributed by atoms with E-state index in [0.29, 0.717) is 19.4 Å². The second-order valence-corrected chi connectivity index (χ2v) is 5.74. The highest BCUT2D eigenvalue weighted by molar-refractivity contribution is 5.67. The number of aliphatic hydroxyl groups is 1. The van der Waals surface area contributed by atoms with E-state index >= 15 is 0 Å². The van der Waals surface area contributed by atoms with E-state index in [1.54, 1.807) is 0 Å². The van der Waals surface area contributed by atoms with E-state index in [1.807, 2.05) is 37.3 Å². The number of hydrogen-bond donors (Lipinski definition) is 3. The minimum atomic E-state index is -0.990. The lowest BCUT2D eigenvalue weighted by Gasteiger charge is -2.17. The van der Waals surface area contributed by atoms with Crippen molar-refractivity contribution in [3.63, 3.8) is 0 Å². The summed E-state index contributed by atoms with van der Waals surface area (Å²) in [4.78, 5) is 22.2. The Morgan fingerprint density at radius 1 is 1.17 bits per heavy atom. The molecule has 1 rings (SSSR count). The van der Waals surface area contributed by atoms with Crippen molar-refractivity contribution in [3.8, 4) is 0 Å². The molecule has 24 heavy (non-hydrogen) atoms. The van der Waals surface area contributed by atoms with Gasteiger partial charge >= 0.3 is 12.1 Å². The number of carboxylic acids is 1. The van der Waals surface area contributed by atoms with Gasteiger partial charge in [0.05, 0.1) is 12.5 Å². The molecule has 6 heteroatoms. The van der Waals surface area contributed by atoms with E-state index in [1.165, 1.54) is 0 Å². The summed E-state index contributed by atoms with van der Waals surface area (Å²) in [6.07, 6.45) is 1.77. The Labute approximate surface area is 142 Å². The average molecular weight is 337 g/mol. The van der Waals surface area contributed by atoms with E-state index in [9.17, 15) is 14.7 Å². The van der Waals surface area contributed by atoms with E-state index in [2.05, 4.69) is 5.32 Å². The minimum absolute atomic E-state index is 0.220. The molecule has 0 saturated carbocycles. The van der Waals surface area contributed by atoms with Crippen molar-refractivity contribution < 1.29 is 24.5 Å². The maximum atomic E-state index is 11.8. The molecule has 1 aromatic rings. The Morgan fingerprint density at radius 2 is 1.88 bits per heavy atom. The Morgan fingerprint density at radius 3 is 2.50 bits per heavy atom. The SMILES string of the molecule is CCC(OC(=O)NCCCCCC(O)CC(=O)O)c1ccccc1. The van der Waals surface area contributed by atoms with Gasteiger partial charge in [-0.1, -0.05) is 50.1 Å². The van der Waals surface area contributed by atoms with Crippen LogP contribution in [0.15, 0.2) is 30.3 Å². The van der Waals surface area contributed by atoms with Crippen molar-refractivity contribution in [2.75, 3.05) is 6.54 Å². The molecule has 0 aliphatic heterocycles. The topological polar surface area (TPSA) is 95.9 Å². The number of hydrogen-bond acceptors (Lipinski definition) is 4. The summed E-state index contributed by atoms with van der Waals surface area (Å²) in [6.45, 7) is 2.46. The molecule has 134 valence electrons. The summed E-state index contributed by atoms with van der Waals surface area (Å²) in [5.41, 5.74) is 0.975. The second kappa shape index (κ2) is 11.5. The number of carbonyl (C=O) groups is 2. The molecule has 0 radical (unpaired) electrons. The number of amides is 1. The van der Waals surface area contributed by atoms with Crippen LogP contribution in [0, 0.1) is 0 Å². The van der Waals surface area contributed by atoms with Crippen LogP contribution in [-0.4, -0.2) is 34.9 Å². The minimum Gasteiger partial charge on any atom is -0.481 e. The molecule has 0 fully saturated rings. The molecule has 2 unspecified atom stereocenters. The van der Waals surface area contributed by atoms with Gasteiger partial charge in [0, 0.05) is 6.54 Å². The van der Waals surface area contributed by atoms with Crippen LogP contribution in [0.1, 0.15) is 57.1 Å². The fourth-order valence-electron chi connectivity index (χ4n) is 2.40. The zero-order valence-electron chi connectivity index (χ0n) is 14.1. The monoisotopic (exact) mass is 337 g/mol. The van der Waals surface area contributed by atoms with Crippen LogP contribution in [0.2, 0.25) is 0 Å². The molecule has 6 nitrogen and oxygen atoms in total. The first-order valence-corrected chi connectivity index (χ1v) is 8.42. The lowest BCUT2D eigenvalue weighted by molar-refractivity contribution is -0.139. The third-order valence-electron chi connectivity index (χ3n) is 3.69. The normalized spacial score (nSPS) is 13.1. The third-order valence-corrected chi connectivity index (χ3v) is 3.69. The predicted molar refractivity (Wildman–Crippen MR) is 90.7 cm³/mol. The van der Waals surface area contributed by atoms with Gasteiger partial charge in [0.1, 0.15) is 6.10 Å². The number of ether oxygens (including phenoxy) is 1. The van der Waals surface area contributed by atoms with Crippen molar-refractivity contribution in [2.24, 2.45) is 0 Å². The fraction of sp³-hybridized carbons (Fsp3) is 0.556. The average Bonchev–Trinajstić information content (AvgIpc) is 2.56. The third kappa shape index (κ3) is 8.53.